The zero-order valence-corrected chi connectivity index (χ0v) is 5.79. The summed E-state index contributed by atoms with van der Waals surface area (Å²) in [6.45, 7) is 5.89. The molecular formula is C7H9S. The first-order chi connectivity index (χ1) is 3.83. The Hall–Kier alpha value is -0.300. The van der Waals surface area contributed by atoms with Gasteiger partial charge in [-0.05, 0) is 37.3 Å². The molecule has 0 saturated heterocycles. The van der Waals surface area contributed by atoms with Crippen LogP contribution < -0.4 is 0 Å². The van der Waals surface area contributed by atoms with Crippen molar-refractivity contribution in [2.24, 2.45) is 0 Å². The van der Waals surface area contributed by atoms with Gasteiger partial charge in [0.25, 0.3) is 0 Å². The summed E-state index contributed by atoms with van der Waals surface area (Å²) in [5, 5.41) is 2.15. The van der Waals surface area contributed by atoms with Gasteiger partial charge in [-0.1, -0.05) is 0 Å². The molecule has 0 bridgehead atoms. The quantitative estimate of drug-likeness (QED) is 0.540. The lowest BCUT2D eigenvalue weighted by molar-refractivity contribution is 1.33. The molecule has 1 aromatic rings. The molecule has 8 heavy (non-hydrogen) atoms. The fraction of sp³-hybridized carbons (Fsp3) is 0.286. The van der Waals surface area contributed by atoms with E-state index in [-0.39, 0.29) is 0 Å². The largest absolute Gasteiger partial charge is 0.149 e. The summed E-state index contributed by atoms with van der Waals surface area (Å²) >= 11 is 1.79. The minimum Gasteiger partial charge on any atom is -0.149 e. The second-order valence-electron chi connectivity index (χ2n) is 1.84. The number of thiophene rings is 1. The molecule has 0 amide bonds. The van der Waals surface area contributed by atoms with Crippen LogP contribution in [-0.2, 0) is 6.42 Å². The van der Waals surface area contributed by atoms with Gasteiger partial charge in [-0.25, -0.2) is 0 Å². The van der Waals surface area contributed by atoms with Crippen molar-refractivity contribution < 1.29 is 0 Å². The molecule has 1 heterocycles. The molecule has 1 heteroatoms. The summed E-state index contributed by atoms with van der Waals surface area (Å²) in [5.74, 6) is 0. The predicted octanol–water partition coefficient (Wildman–Crippen LogP) is 2.43. The van der Waals surface area contributed by atoms with Crippen molar-refractivity contribution in [3.05, 3.63) is 28.8 Å². The van der Waals surface area contributed by atoms with Crippen molar-refractivity contribution in [2.75, 3.05) is 0 Å². The Labute approximate surface area is 54.2 Å². The van der Waals surface area contributed by atoms with E-state index in [1.54, 1.807) is 11.3 Å². The van der Waals surface area contributed by atoms with Gasteiger partial charge in [0.15, 0.2) is 0 Å². The monoisotopic (exact) mass is 125 g/mol. The van der Waals surface area contributed by atoms with Crippen LogP contribution in [0.2, 0.25) is 0 Å². The SMILES string of the molecule is [CH2]Cc1cc(C)cs1. The van der Waals surface area contributed by atoms with E-state index in [1.807, 2.05) is 0 Å². The first-order valence-electron chi connectivity index (χ1n) is 2.66. The van der Waals surface area contributed by atoms with E-state index in [2.05, 4.69) is 25.3 Å². The third-order valence-electron chi connectivity index (χ3n) is 1.03. The lowest BCUT2D eigenvalue weighted by Crippen LogP contribution is -1.66. The highest BCUT2D eigenvalue weighted by Crippen LogP contribution is 2.12. The molecule has 0 nitrogen and oxygen atoms in total. The van der Waals surface area contributed by atoms with Gasteiger partial charge >= 0.3 is 0 Å². The Morgan fingerprint density at radius 2 is 2.50 bits per heavy atom. The summed E-state index contributed by atoms with van der Waals surface area (Å²) in [5.41, 5.74) is 1.36. The predicted molar refractivity (Wildman–Crippen MR) is 38.1 cm³/mol. The molecule has 43 valence electrons. The average molecular weight is 125 g/mol. The van der Waals surface area contributed by atoms with Crippen molar-refractivity contribution in [2.45, 2.75) is 13.3 Å². The maximum atomic E-state index is 3.78. The number of rotatable bonds is 1. The highest BCUT2D eigenvalue weighted by Gasteiger charge is 1.89. The van der Waals surface area contributed by atoms with E-state index >= 15 is 0 Å². The van der Waals surface area contributed by atoms with Gasteiger partial charge in [-0.2, -0.15) is 0 Å². The Bertz CT molecular complexity index is 165. The van der Waals surface area contributed by atoms with E-state index in [1.165, 1.54) is 10.4 Å². The smallest absolute Gasteiger partial charge is 0.00479 e. The molecule has 0 aliphatic heterocycles. The Kier molecular flexibility index (Phi) is 1.69. The zero-order valence-electron chi connectivity index (χ0n) is 4.98. The summed E-state index contributed by atoms with van der Waals surface area (Å²) in [6.07, 6.45) is 0.929. The Balaban J connectivity index is 2.84. The van der Waals surface area contributed by atoms with E-state index in [4.69, 9.17) is 0 Å². The van der Waals surface area contributed by atoms with Crippen molar-refractivity contribution in [1.82, 2.24) is 0 Å². The second kappa shape index (κ2) is 2.31. The molecule has 0 saturated carbocycles. The fourth-order valence-electron chi connectivity index (χ4n) is 0.622. The summed E-state index contributed by atoms with van der Waals surface area (Å²) < 4.78 is 0. The van der Waals surface area contributed by atoms with Crippen LogP contribution in [0.1, 0.15) is 10.4 Å². The number of hydrogen-bond donors (Lipinski definition) is 0. The molecule has 0 aliphatic rings. The van der Waals surface area contributed by atoms with Crippen LogP contribution in [0.3, 0.4) is 0 Å². The molecule has 0 aliphatic carbocycles. The molecular weight excluding hydrogens is 116 g/mol. The van der Waals surface area contributed by atoms with Crippen LogP contribution in [0.25, 0.3) is 0 Å². The lowest BCUT2D eigenvalue weighted by Gasteiger charge is -1.79. The van der Waals surface area contributed by atoms with E-state index < -0.39 is 0 Å². The molecule has 1 aromatic heterocycles. The standard InChI is InChI=1S/C7H9S/c1-3-7-4-6(2)5-8-7/h4-5H,1,3H2,2H3. The highest BCUT2D eigenvalue weighted by molar-refractivity contribution is 7.10. The molecule has 0 N–H and O–H groups in total. The molecule has 0 aromatic carbocycles. The molecule has 1 rings (SSSR count). The molecule has 0 atom stereocenters. The Morgan fingerprint density at radius 3 is 2.75 bits per heavy atom. The van der Waals surface area contributed by atoms with E-state index in [0.717, 1.165) is 6.42 Å². The molecule has 0 spiro atoms. The third-order valence-corrected chi connectivity index (χ3v) is 2.15. The molecule has 0 fully saturated rings. The Morgan fingerprint density at radius 1 is 1.75 bits per heavy atom. The van der Waals surface area contributed by atoms with Crippen LogP contribution in [0.5, 0.6) is 0 Å². The molecule has 1 radical (unpaired) electrons. The second-order valence-corrected chi connectivity index (χ2v) is 2.84. The first-order valence-corrected chi connectivity index (χ1v) is 3.54. The highest BCUT2D eigenvalue weighted by atomic mass is 32.1. The maximum Gasteiger partial charge on any atom is 0.00479 e. The van der Waals surface area contributed by atoms with Crippen molar-refractivity contribution in [3.8, 4) is 0 Å². The van der Waals surface area contributed by atoms with Gasteiger partial charge in [0.05, 0.1) is 0 Å². The minimum atomic E-state index is 0.929. The van der Waals surface area contributed by atoms with Gasteiger partial charge in [-0.3, -0.25) is 0 Å². The van der Waals surface area contributed by atoms with Gasteiger partial charge in [-0.15, -0.1) is 11.3 Å². The summed E-state index contributed by atoms with van der Waals surface area (Å²) in [7, 11) is 0. The fourth-order valence-corrected chi connectivity index (χ4v) is 1.40. The maximum absolute atomic E-state index is 3.78. The van der Waals surface area contributed by atoms with Crippen molar-refractivity contribution >= 4 is 11.3 Å². The van der Waals surface area contributed by atoms with Crippen LogP contribution in [0.4, 0.5) is 0 Å². The van der Waals surface area contributed by atoms with Gasteiger partial charge in [0.2, 0.25) is 0 Å². The summed E-state index contributed by atoms with van der Waals surface area (Å²) in [6, 6.07) is 2.18. The first kappa shape index (κ1) is 5.83. The van der Waals surface area contributed by atoms with Crippen molar-refractivity contribution in [3.63, 3.8) is 0 Å². The average Bonchev–Trinajstić information content (AvgIpc) is 2.14. The summed E-state index contributed by atoms with van der Waals surface area (Å²) in [4.78, 5) is 1.38. The molecule has 0 unspecified atom stereocenters. The zero-order chi connectivity index (χ0) is 5.98. The van der Waals surface area contributed by atoms with E-state index in [0.29, 0.717) is 0 Å². The number of aryl methyl sites for hydroxylation is 1. The number of hydrogen-bond acceptors (Lipinski definition) is 1. The topological polar surface area (TPSA) is 0 Å². The lowest BCUT2D eigenvalue weighted by atomic mass is 10.3. The van der Waals surface area contributed by atoms with Gasteiger partial charge in [0.1, 0.15) is 0 Å². The minimum absolute atomic E-state index is 0.929. The van der Waals surface area contributed by atoms with Gasteiger partial charge in [0, 0.05) is 4.88 Å². The van der Waals surface area contributed by atoms with Crippen LogP contribution in [0, 0.1) is 13.8 Å². The van der Waals surface area contributed by atoms with Crippen LogP contribution >= 0.6 is 11.3 Å². The van der Waals surface area contributed by atoms with E-state index in [9.17, 15) is 0 Å². The van der Waals surface area contributed by atoms with Crippen molar-refractivity contribution in [1.29, 1.82) is 0 Å². The van der Waals surface area contributed by atoms with Crippen LogP contribution in [-0.4, -0.2) is 0 Å². The third kappa shape index (κ3) is 1.10. The van der Waals surface area contributed by atoms with Crippen LogP contribution in [0.15, 0.2) is 11.4 Å². The normalized spacial score (nSPS) is 9.75. The van der Waals surface area contributed by atoms with Gasteiger partial charge < -0.3 is 0 Å².